The molecule has 5 aromatic carbocycles. The molecule has 2 heteroatoms. The van der Waals surface area contributed by atoms with Gasteiger partial charge in [0.1, 0.15) is 0 Å². The van der Waals surface area contributed by atoms with E-state index in [0.29, 0.717) is 0 Å². The van der Waals surface area contributed by atoms with Gasteiger partial charge < -0.3 is 4.90 Å². The van der Waals surface area contributed by atoms with E-state index < -0.39 is 0 Å². The summed E-state index contributed by atoms with van der Waals surface area (Å²) >= 11 is 1.88. The SMILES string of the molecule is CC(C)(C)N(c1cc2ccccc2c2ccccc12)c1cccc2sc3ccccc3c12. The number of thiophene rings is 1. The lowest BCUT2D eigenvalue weighted by atomic mass is 9.95. The molecule has 0 unspecified atom stereocenters. The van der Waals surface area contributed by atoms with Crippen LogP contribution in [-0.2, 0) is 0 Å². The largest absolute Gasteiger partial charge is 0.335 e. The van der Waals surface area contributed by atoms with E-state index >= 15 is 0 Å². The van der Waals surface area contributed by atoms with Gasteiger partial charge in [0.15, 0.2) is 0 Å². The van der Waals surface area contributed by atoms with Crippen molar-refractivity contribution in [2.75, 3.05) is 4.90 Å². The van der Waals surface area contributed by atoms with Crippen LogP contribution in [0.1, 0.15) is 20.8 Å². The molecule has 1 heterocycles. The maximum Gasteiger partial charge on any atom is 0.0510 e. The van der Waals surface area contributed by atoms with Crippen molar-refractivity contribution in [3.05, 3.63) is 97.1 Å². The number of fused-ring (bicyclic) bond motifs is 6. The van der Waals surface area contributed by atoms with Crippen molar-refractivity contribution in [3.8, 4) is 0 Å². The fourth-order valence-corrected chi connectivity index (χ4v) is 6.14. The van der Waals surface area contributed by atoms with Crippen LogP contribution in [0.4, 0.5) is 11.4 Å². The third kappa shape index (κ3) is 2.91. The van der Waals surface area contributed by atoms with Gasteiger partial charge in [-0.3, -0.25) is 0 Å². The van der Waals surface area contributed by atoms with Crippen molar-refractivity contribution in [1.29, 1.82) is 0 Å². The van der Waals surface area contributed by atoms with Crippen molar-refractivity contribution in [2.24, 2.45) is 0 Å². The van der Waals surface area contributed by atoms with Crippen LogP contribution in [0.2, 0.25) is 0 Å². The molecule has 0 N–H and O–H groups in total. The third-order valence-corrected chi connectivity index (χ3v) is 7.42. The van der Waals surface area contributed by atoms with E-state index in [0.717, 1.165) is 0 Å². The van der Waals surface area contributed by atoms with Gasteiger partial charge in [0.25, 0.3) is 0 Å². The van der Waals surface area contributed by atoms with E-state index in [4.69, 9.17) is 0 Å². The minimum Gasteiger partial charge on any atom is -0.335 e. The van der Waals surface area contributed by atoms with Crippen LogP contribution < -0.4 is 4.90 Å². The van der Waals surface area contributed by atoms with Gasteiger partial charge in [0.2, 0.25) is 0 Å². The van der Waals surface area contributed by atoms with Crippen molar-refractivity contribution >= 4 is 64.4 Å². The summed E-state index contributed by atoms with van der Waals surface area (Å²) in [5.41, 5.74) is 2.42. The van der Waals surface area contributed by atoms with Gasteiger partial charge in [0.05, 0.1) is 11.4 Å². The molecule has 1 nitrogen and oxygen atoms in total. The molecule has 0 saturated carbocycles. The summed E-state index contributed by atoms with van der Waals surface area (Å²) in [6.45, 7) is 6.93. The lowest BCUT2D eigenvalue weighted by Gasteiger charge is -2.39. The van der Waals surface area contributed by atoms with E-state index in [1.807, 2.05) is 11.3 Å². The number of benzene rings is 5. The summed E-state index contributed by atoms with van der Waals surface area (Å²) in [4.78, 5) is 2.54. The first kappa shape index (κ1) is 19.3. The molecule has 32 heavy (non-hydrogen) atoms. The molecule has 0 amide bonds. The second kappa shape index (κ2) is 7.08. The fraction of sp³-hybridized carbons (Fsp3) is 0.133. The second-order valence-corrected chi connectivity index (χ2v) is 10.5. The van der Waals surface area contributed by atoms with Crippen LogP contribution in [0, 0.1) is 0 Å². The van der Waals surface area contributed by atoms with Crippen LogP contribution in [0.15, 0.2) is 97.1 Å². The summed E-state index contributed by atoms with van der Waals surface area (Å²) in [5, 5.41) is 7.86. The van der Waals surface area contributed by atoms with E-state index in [1.165, 1.54) is 53.1 Å². The molecule has 0 atom stereocenters. The Morgan fingerprint density at radius 1 is 0.562 bits per heavy atom. The highest BCUT2D eigenvalue weighted by atomic mass is 32.1. The van der Waals surface area contributed by atoms with Gasteiger partial charge in [-0.05, 0) is 61.2 Å². The average Bonchev–Trinajstić information content (AvgIpc) is 3.18. The zero-order valence-corrected chi connectivity index (χ0v) is 19.4. The normalized spacial score (nSPS) is 12.2. The molecule has 1 aromatic heterocycles. The highest BCUT2D eigenvalue weighted by Crippen LogP contribution is 2.46. The second-order valence-electron chi connectivity index (χ2n) is 9.42. The Morgan fingerprint density at radius 3 is 1.97 bits per heavy atom. The van der Waals surface area contributed by atoms with Crippen molar-refractivity contribution in [3.63, 3.8) is 0 Å². The number of rotatable bonds is 2. The molecule has 0 bridgehead atoms. The maximum absolute atomic E-state index is 2.54. The van der Waals surface area contributed by atoms with E-state index in [1.54, 1.807) is 0 Å². The first-order valence-electron chi connectivity index (χ1n) is 11.1. The Kier molecular flexibility index (Phi) is 4.28. The molecule has 0 fully saturated rings. The Labute approximate surface area is 192 Å². The molecule has 0 spiro atoms. The molecule has 156 valence electrons. The summed E-state index contributed by atoms with van der Waals surface area (Å²) in [6.07, 6.45) is 0. The Morgan fingerprint density at radius 2 is 1.19 bits per heavy atom. The number of hydrogen-bond donors (Lipinski definition) is 0. The zero-order valence-electron chi connectivity index (χ0n) is 18.6. The Balaban J connectivity index is 1.75. The maximum atomic E-state index is 2.54. The first-order valence-corrected chi connectivity index (χ1v) is 11.9. The smallest absolute Gasteiger partial charge is 0.0510 e. The first-order chi connectivity index (χ1) is 15.5. The van der Waals surface area contributed by atoms with Crippen LogP contribution in [0.25, 0.3) is 41.7 Å². The topological polar surface area (TPSA) is 3.24 Å². The van der Waals surface area contributed by atoms with Gasteiger partial charge >= 0.3 is 0 Å². The number of nitrogens with zero attached hydrogens (tertiary/aromatic N) is 1. The quantitative estimate of drug-likeness (QED) is 0.247. The molecular formula is C30H25NS. The van der Waals surface area contributed by atoms with E-state index in [9.17, 15) is 0 Å². The predicted octanol–water partition coefficient (Wildman–Crippen LogP) is 9.30. The summed E-state index contributed by atoms with van der Waals surface area (Å²) in [7, 11) is 0. The highest BCUT2D eigenvalue weighted by molar-refractivity contribution is 7.26. The van der Waals surface area contributed by atoms with E-state index in [2.05, 4.69) is 123 Å². The summed E-state index contributed by atoms with van der Waals surface area (Å²) < 4.78 is 2.68. The van der Waals surface area contributed by atoms with Crippen molar-refractivity contribution < 1.29 is 0 Å². The predicted molar refractivity (Wildman–Crippen MR) is 143 cm³/mol. The lowest BCUT2D eigenvalue weighted by molar-refractivity contribution is 0.563. The Hall–Kier alpha value is -3.36. The van der Waals surface area contributed by atoms with Crippen molar-refractivity contribution in [1.82, 2.24) is 0 Å². The molecule has 0 aliphatic rings. The van der Waals surface area contributed by atoms with Gasteiger partial charge in [-0.1, -0.05) is 72.8 Å². The molecule has 6 rings (SSSR count). The molecule has 0 aliphatic heterocycles. The monoisotopic (exact) mass is 431 g/mol. The van der Waals surface area contributed by atoms with Crippen LogP contribution in [-0.4, -0.2) is 5.54 Å². The van der Waals surface area contributed by atoms with Gasteiger partial charge in [-0.15, -0.1) is 11.3 Å². The van der Waals surface area contributed by atoms with Crippen LogP contribution in [0.5, 0.6) is 0 Å². The summed E-state index contributed by atoms with van der Waals surface area (Å²) in [6, 6.07) is 35.4. The fourth-order valence-electron chi connectivity index (χ4n) is 5.01. The van der Waals surface area contributed by atoms with Gasteiger partial charge in [-0.25, -0.2) is 0 Å². The minimum atomic E-state index is -0.109. The van der Waals surface area contributed by atoms with Gasteiger partial charge in [-0.2, -0.15) is 0 Å². The Bertz CT molecular complexity index is 1620. The third-order valence-electron chi connectivity index (χ3n) is 6.28. The molecule has 0 saturated heterocycles. The van der Waals surface area contributed by atoms with E-state index in [-0.39, 0.29) is 5.54 Å². The molecule has 0 radical (unpaired) electrons. The number of hydrogen-bond acceptors (Lipinski definition) is 2. The van der Waals surface area contributed by atoms with Gasteiger partial charge in [0, 0.05) is 31.1 Å². The molecular weight excluding hydrogens is 406 g/mol. The van der Waals surface area contributed by atoms with Crippen molar-refractivity contribution in [2.45, 2.75) is 26.3 Å². The highest BCUT2D eigenvalue weighted by Gasteiger charge is 2.28. The minimum absolute atomic E-state index is 0.109. The zero-order chi connectivity index (χ0) is 21.9. The van der Waals surface area contributed by atoms with Crippen LogP contribution in [0.3, 0.4) is 0 Å². The molecule has 6 aromatic rings. The number of anilines is 2. The molecule has 0 aliphatic carbocycles. The average molecular weight is 432 g/mol. The van der Waals surface area contributed by atoms with Crippen LogP contribution >= 0.6 is 11.3 Å². The standard InChI is InChI=1S/C30H25NS/c1-30(2,3)31(25-16-10-18-28-29(25)24-15-8-9-17-27(24)32-28)26-19-20-11-4-5-12-21(20)22-13-6-7-14-23(22)26/h4-19H,1-3H3. The summed E-state index contributed by atoms with van der Waals surface area (Å²) in [5.74, 6) is 0. The lowest BCUT2D eigenvalue weighted by Crippen LogP contribution is -2.37.